The molecule has 0 unspecified atom stereocenters. The number of rotatable bonds is 5. The summed E-state index contributed by atoms with van der Waals surface area (Å²) in [4.78, 5) is 1.22. The van der Waals surface area contributed by atoms with Crippen molar-refractivity contribution in [2.75, 3.05) is 14.2 Å². The molecule has 0 amide bonds. The van der Waals surface area contributed by atoms with Crippen LogP contribution in [0.15, 0.2) is 58.8 Å². The number of methoxy groups -OCH3 is 2. The van der Waals surface area contributed by atoms with Gasteiger partial charge in [-0.25, -0.2) is 0 Å². The third-order valence-corrected chi connectivity index (χ3v) is 3.40. The SMILES string of the molecule is COc1cc(/C=C/Sc2ccccc2)cc(OC)c1. The van der Waals surface area contributed by atoms with E-state index in [1.807, 2.05) is 42.5 Å². The van der Waals surface area contributed by atoms with Crippen molar-refractivity contribution < 1.29 is 9.47 Å². The molecule has 0 aliphatic rings. The summed E-state index contributed by atoms with van der Waals surface area (Å²) in [5.74, 6) is 1.59. The molecule has 0 saturated heterocycles. The fourth-order valence-corrected chi connectivity index (χ4v) is 2.31. The molecule has 0 radical (unpaired) electrons. The zero-order valence-electron chi connectivity index (χ0n) is 11.0. The van der Waals surface area contributed by atoms with Crippen molar-refractivity contribution in [1.29, 1.82) is 0 Å². The van der Waals surface area contributed by atoms with Gasteiger partial charge >= 0.3 is 0 Å². The van der Waals surface area contributed by atoms with Gasteiger partial charge in [-0.15, -0.1) is 0 Å². The third kappa shape index (κ3) is 4.07. The largest absolute Gasteiger partial charge is 0.497 e. The second-order valence-corrected chi connectivity index (χ2v) is 4.86. The molecule has 98 valence electrons. The molecule has 2 aromatic rings. The lowest BCUT2D eigenvalue weighted by Crippen LogP contribution is -1.87. The van der Waals surface area contributed by atoms with Gasteiger partial charge < -0.3 is 9.47 Å². The van der Waals surface area contributed by atoms with Gasteiger partial charge in [0.1, 0.15) is 11.5 Å². The average Bonchev–Trinajstić information content (AvgIpc) is 2.48. The van der Waals surface area contributed by atoms with Crippen LogP contribution < -0.4 is 9.47 Å². The standard InChI is InChI=1S/C16H16O2S/c1-17-14-10-13(11-15(12-14)18-2)8-9-19-16-6-4-3-5-7-16/h3-12H,1-2H3/b9-8+. The van der Waals surface area contributed by atoms with E-state index in [2.05, 4.69) is 17.5 Å². The molecule has 0 atom stereocenters. The highest BCUT2D eigenvalue weighted by molar-refractivity contribution is 8.02. The fourth-order valence-electron chi connectivity index (χ4n) is 1.62. The summed E-state index contributed by atoms with van der Waals surface area (Å²) >= 11 is 1.68. The molecule has 0 aliphatic carbocycles. The number of hydrogen-bond acceptors (Lipinski definition) is 3. The summed E-state index contributed by atoms with van der Waals surface area (Å²) in [6, 6.07) is 16.1. The van der Waals surface area contributed by atoms with Crippen molar-refractivity contribution in [2.24, 2.45) is 0 Å². The molecule has 2 nitrogen and oxygen atoms in total. The summed E-state index contributed by atoms with van der Waals surface area (Å²) in [6.45, 7) is 0. The molecule has 0 aliphatic heterocycles. The fraction of sp³-hybridized carbons (Fsp3) is 0.125. The average molecular weight is 272 g/mol. The second kappa shape index (κ2) is 6.90. The Morgan fingerprint density at radius 3 is 2.11 bits per heavy atom. The minimum atomic E-state index is 0.795. The first-order chi connectivity index (χ1) is 9.31. The van der Waals surface area contributed by atoms with E-state index in [0.29, 0.717) is 0 Å². The van der Waals surface area contributed by atoms with Gasteiger partial charge in [0.15, 0.2) is 0 Å². The van der Waals surface area contributed by atoms with Crippen molar-refractivity contribution in [3.8, 4) is 11.5 Å². The topological polar surface area (TPSA) is 18.5 Å². The van der Waals surface area contributed by atoms with Gasteiger partial charge in [-0.05, 0) is 41.3 Å². The lowest BCUT2D eigenvalue weighted by atomic mass is 10.2. The quantitative estimate of drug-likeness (QED) is 0.748. The van der Waals surface area contributed by atoms with Crippen LogP contribution in [0, 0.1) is 0 Å². The van der Waals surface area contributed by atoms with Crippen LogP contribution in [0.4, 0.5) is 0 Å². The van der Waals surface area contributed by atoms with Crippen LogP contribution in [0.3, 0.4) is 0 Å². The van der Waals surface area contributed by atoms with Crippen LogP contribution in [0.5, 0.6) is 11.5 Å². The van der Waals surface area contributed by atoms with Crippen LogP contribution in [-0.2, 0) is 0 Å². The lowest BCUT2D eigenvalue weighted by molar-refractivity contribution is 0.394. The van der Waals surface area contributed by atoms with Crippen molar-refractivity contribution in [3.05, 3.63) is 59.5 Å². The van der Waals surface area contributed by atoms with Gasteiger partial charge in [0.05, 0.1) is 14.2 Å². The molecule has 0 fully saturated rings. The smallest absolute Gasteiger partial charge is 0.123 e. The maximum atomic E-state index is 5.24. The highest BCUT2D eigenvalue weighted by Crippen LogP contribution is 2.25. The Bertz CT molecular complexity index is 528. The lowest BCUT2D eigenvalue weighted by Gasteiger charge is -2.05. The van der Waals surface area contributed by atoms with Gasteiger partial charge in [0.25, 0.3) is 0 Å². The van der Waals surface area contributed by atoms with Crippen molar-refractivity contribution in [1.82, 2.24) is 0 Å². The minimum Gasteiger partial charge on any atom is -0.497 e. The summed E-state index contributed by atoms with van der Waals surface area (Å²) in [7, 11) is 3.31. The first-order valence-corrected chi connectivity index (χ1v) is 6.81. The number of hydrogen-bond donors (Lipinski definition) is 0. The Morgan fingerprint density at radius 1 is 0.895 bits per heavy atom. The van der Waals surface area contributed by atoms with E-state index in [-0.39, 0.29) is 0 Å². The van der Waals surface area contributed by atoms with Crippen molar-refractivity contribution >= 4 is 17.8 Å². The van der Waals surface area contributed by atoms with Crippen LogP contribution in [0.2, 0.25) is 0 Å². The van der Waals surface area contributed by atoms with Crippen molar-refractivity contribution in [3.63, 3.8) is 0 Å². The Morgan fingerprint density at radius 2 is 1.53 bits per heavy atom. The molecule has 19 heavy (non-hydrogen) atoms. The highest BCUT2D eigenvalue weighted by atomic mass is 32.2. The predicted octanol–water partition coefficient (Wildman–Crippen LogP) is 4.47. The van der Waals surface area contributed by atoms with Gasteiger partial charge in [0.2, 0.25) is 0 Å². The number of thioether (sulfide) groups is 1. The molecule has 0 heterocycles. The molecule has 0 bridgehead atoms. The van der Waals surface area contributed by atoms with Gasteiger partial charge in [-0.2, -0.15) is 0 Å². The molecule has 0 aromatic heterocycles. The Hall–Kier alpha value is -1.87. The van der Waals surface area contributed by atoms with E-state index in [9.17, 15) is 0 Å². The molecule has 0 N–H and O–H groups in total. The third-order valence-electron chi connectivity index (χ3n) is 2.58. The van der Waals surface area contributed by atoms with E-state index in [0.717, 1.165) is 17.1 Å². The maximum Gasteiger partial charge on any atom is 0.123 e. The number of benzene rings is 2. The Balaban J connectivity index is 2.10. The first-order valence-electron chi connectivity index (χ1n) is 5.93. The van der Waals surface area contributed by atoms with E-state index in [1.165, 1.54) is 4.90 Å². The van der Waals surface area contributed by atoms with Gasteiger partial charge in [0, 0.05) is 11.0 Å². The monoisotopic (exact) mass is 272 g/mol. The number of ether oxygens (including phenoxy) is 2. The summed E-state index contributed by atoms with van der Waals surface area (Å²) in [5, 5.41) is 2.06. The molecule has 0 spiro atoms. The maximum absolute atomic E-state index is 5.24. The van der Waals surface area contributed by atoms with Gasteiger partial charge in [-0.1, -0.05) is 30.0 Å². The highest BCUT2D eigenvalue weighted by Gasteiger charge is 1.99. The predicted molar refractivity (Wildman–Crippen MR) is 80.9 cm³/mol. The van der Waals surface area contributed by atoms with E-state index >= 15 is 0 Å². The van der Waals surface area contributed by atoms with Crippen LogP contribution >= 0.6 is 11.8 Å². The van der Waals surface area contributed by atoms with Crippen LogP contribution in [-0.4, -0.2) is 14.2 Å². The van der Waals surface area contributed by atoms with E-state index in [1.54, 1.807) is 26.0 Å². The summed E-state index contributed by atoms with van der Waals surface area (Å²) in [5.41, 5.74) is 1.06. The Labute approximate surface area is 118 Å². The van der Waals surface area contributed by atoms with Crippen LogP contribution in [0.25, 0.3) is 6.08 Å². The molecular formula is C16H16O2S. The minimum absolute atomic E-state index is 0.795. The first kappa shape index (κ1) is 13.6. The molecule has 0 saturated carbocycles. The second-order valence-electron chi connectivity index (χ2n) is 3.88. The summed E-state index contributed by atoms with van der Waals surface area (Å²) in [6.07, 6.45) is 2.04. The molecule has 3 heteroatoms. The normalized spacial score (nSPS) is 10.6. The summed E-state index contributed by atoms with van der Waals surface area (Å²) < 4.78 is 10.5. The molecular weight excluding hydrogens is 256 g/mol. The van der Waals surface area contributed by atoms with E-state index in [4.69, 9.17) is 9.47 Å². The zero-order valence-corrected chi connectivity index (χ0v) is 11.8. The molecule has 2 rings (SSSR count). The molecule has 2 aromatic carbocycles. The Kier molecular flexibility index (Phi) is 4.93. The zero-order chi connectivity index (χ0) is 13.5. The van der Waals surface area contributed by atoms with Gasteiger partial charge in [-0.3, -0.25) is 0 Å². The van der Waals surface area contributed by atoms with Crippen molar-refractivity contribution in [2.45, 2.75) is 4.90 Å². The van der Waals surface area contributed by atoms with E-state index < -0.39 is 0 Å². The van der Waals surface area contributed by atoms with Crippen LogP contribution in [0.1, 0.15) is 5.56 Å².